The minimum atomic E-state index is -0.576. The predicted molar refractivity (Wildman–Crippen MR) is 74.9 cm³/mol. The summed E-state index contributed by atoms with van der Waals surface area (Å²) in [7, 11) is 1.61. The van der Waals surface area contributed by atoms with Crippen LogP contribution in [0.5, 0.6) is 5.75 Å². The van der Waals surface area contributed by atoms with Crippen molar-refractivity contribution in [2.24, 2.45) is 5.73 Å². The number of hydrogen-bond donors (Lipinski definition) is 1. The molecule has 4 nitrogen and oxygen atoms in total. The first-order valence-electron chi connectivity index (χ1n) is 5.37. The second kappa shape index (κ2) is 5.95. The Kier molecular flexibility index (Phi) is 4.29. The number of amides is 1. The van der Waals surface area contributed by atoms with Crippen LogP contribution in [0.1, 0.15) is 10.5 Å². The summed E-state index contributed by atoms with van der Waals surface area (Å²) in [4.78, 5) is 16.8. The van der Waals surface area contributed by atoms with Crippen LogP contribution < -0.4 is 10.5 Å². The molecule has 2 rings (SSSR count). The van der Waals surface area contributed by atoms with E-state index >= 15 is 0 Å². The smallest absolute Gasteiger partial charge is 0.268 e. The molecule has 2 N–H and O–H groups in total. The van der Waals surface area contributed by atoms with Crippen LogP contribution in [0.15, 0.2) is 46.3 Å². The lowest BCUT2D eigenvalue weighted by Gasteiger charge is -2.07. The number of carbonyl (C=O) groups is 1. The maximum atomic E-state index is 11.3. The van der Waals surface area contributed by atoms with Crippen molar-refractivity contribution in [1.29, 1.82) is 0 Å². The lowest BCUT2D eigenvalue weighted by atomic mass is 10.3. The average molecular weight is 295 g/mol. The Morgan fingerprint density at radius 2 is 2.05 bits per heavy atom. The lowest BCUT2D eigenvalue weighted by molar-refractivity contribution is 0.0992. The molecule has 0 aliphatic carbocycles. The highest BCUT2D eigenvalue weighted by Gasteiger charge is 2.12. The summed E-state index contributed by atoms with van der Waals surface area (Å²) in [5.74, 6) is 0.191. The van der Waals surface area contributed by atoms with Gasteiger partial charge in [-0.05, 0) is 30.3 Å². The summed E-state index contributed by atoms with van der Waals surface area (Å²) >= 11 is 7.26. The summed E-state index contributed by atoms with van der Waals surface area (Å²) in [6.45, 7) is 0. The van der Waals surface area contributed by atoms with E-state index in [4.69, 9.17) is 22.1 Å². The predicted octanol–water partition coefficient (Wildman–Crippen LogP) is 2.99. The number of pyridine rings is 1. The van der Waals surface area contributed by atoms with Gasteiger partial charge >= 0.3 is 0 Å². The van der Waals surface area contributed by atoms with Crippen LogP contribution >= 0.6 is 23.4 Å². The molecule has 0 saturated carbocycles. The molecule has 19 heavy (non-hydrogen) atoms. The van der Waals surface area contributed by atoms with Crippen LogP contribution in [0.2, 0.25) is 5.02 Å². The third-order valence-electron chi connectivity index (χ3n) is 2.34. The van der Waals surface area contributed by atoms with Gasteiger partial charge < -0.3 is 10.5 Å². The van der Waals surface area contributed by atoms with E-state index < -0.39 is 5.91 Å². The van der Waals surface area contributed by atoms with E-state index in [-0.39, 0.29) is 5.69 Å². The summed E-state index contributed by atoms with van der Waals surface area (Å²) in [6, 6.07) is 9.11. The van der Waals surface area contributed by atoms with Crippen LogP contribution in [0.3, 0.4) is 0 Å². The van der Waals surface area contributed by atoms with E-state index in [1.54, 1.807) is 13.2 Å². The number of rotatable bonds is 4. The maximum absolute atomic E-state index is 11.3. The Bertz CT molecular complexity index is 602. The molecule has 1 aromatic heterocycles. The van der Waals surface area contributed by atoms with E-state index in [1.807, 2.05) is 24.3 Å². The topological polar surface area (TPSA) is 65.2 Å². The van der Waals surface area contributed by atoms with Gasteiger partial charge in [0.05, 0.1) is 12.1 Å². The van der Waals surface area contributed by atoms with Crippen molar-refractivity contribution < 1.29 is 9.53 Å². The lowest BCUT2D eigenvalue weighted by Crippen LogP contribution is -2.14. The van der Waals surface area contributed by atoms with Gasteiger partial charge in [0.2, 0.25) is 0 Å². The molecule has 0 bridgehead atoms. The Morgan fingerprint density at radius 3 is 2.63 bits per heavy atom. The minimum Gasteiger partial charge on any atom is -0.497 e. The first-order chi connectivity index (χ1) is 9.10. The van der Waals surface area contributed by atoms with Crippen molar-refractivity contribution in [1.82, 2.24) is 4.98 Å². The highest BCUT2D eigenvalue weighted by atomic mass is 35.5. The monoisotopic (exact) mass is 294 g/mol. The quantitative estimate of drug-likeness (QED) is 0.941. The fraction of sp³-hybridized carbons (Fsp3) is 0.0769. The number of hydrogen-bond acceptors (Lipinski definition) is 4. The van der Waals surface area contributed by atoms with Crippen LogP contribution in [0.25, 0.3) is 0 Å². The second-order valence-corrected chi connectivity index (χ2v) is 5.19. The average Bonchev–Trinajstić information content (AvgIpc) is 2.39. The zero-order valence-corrected chi connectivity index (χ0v) is 11.7. The Balaban J connectivity index is 2.31. The first-order valence-corrected chi connectivity index (χ1v) is 6.57. The van der Waals surface area contributed by atoms with Gasteiger partial charge in [-0.3, -0.25) is 4.79 Å². The maximum Gasteiger partial charge on any atom is 0.268 e. The molecule has 0 aliphatic rings. The van der Waals surface area contributed by atoms with Crippen molar-refractivity contribution in [3.05, 3.63) is 47.2 Å². The van der Waals surface area contributed by atoms with Gasteiger partial charge in [0.25, 0.3) is 5.91 Å². The Hall–Kier alpha value is -1.72. The number of carbonyl (C=O) groups excluding carboxylic acids is 1. The Labute approximate surface area is 119 Å². The van der Waals surface area contributed by atoms with Gasteiger partial charge in [0.1, 0.15) is 11.4 Å². The fourth-order valence-electron chi connectivity index (χ4n) is 1.45. The number of aromatic nitrogens is 1. The molecular formula is C13H11ClN2O2S. The zero-order chi connectivity index (χ0) is 13.8. The number of benzene rings is 1. The molecule has 1 heterocycles. The molecule has 2 aromatic rings. The number of primary amides is 1. The van der Waals surface area contributed by atoms with Crippen LogP contribution in [-0.2, 0) is 0 Å². The zero-order valence-electron chi connectivity index (χ0n) is 10.1. The molecular weight excluding hydrogens is 284 g/mol. The molecule has 1 amide bonds. The van der Waals surface area contributed by atoms with Crippen LogP contribution in [0, 0.1) is 0 Å². The van der Waals surface area contributed by atoms with Crippen molar-refractivity contribution in [3.63, 3.8) is 0 Å². The highest BCUT2D eigenvalue weighted by molar-refractivity contribution is 7.99. The molecule has 98 valence electrons. The van der Waals surface area contributed by atoms with Crippen molar-refractivity contribution in [2.45, 2.75) is 9.79 Å². The SMILES string of the molecule is COc1ccc(Sc2cc(Cl)cnc2C(N)=O)cc1. The second-order valence-electron chi connectivity index (χ2n) is 3.64. The third kappa shape index (κ3) is 3.39. The molecule has 0 radical (unpaired) electrons. The van der Waals surface area contributed by atoms with Crippen LogP contribution in [0.4, 0.5) is 0 Å². The normalized spacial score (nSPS) is 10.2. The standard InChI is InChI=1S/C13H11ClN2O2S/c1-18-9-2-4-10(5-3-9)19-11-6-8(14)7-16-12(11)13(15)17/h2-7H,1H3,(H2,15,17). The molecule has 0 spiro atoms. The summed E-state index contributed by atoms with van der Waals surface area (Å²) in [6.07, 6.45) is 1.40. The fourth-order valence-corrected chi connectivity index (χ4v) is 2.64. The molecule has 6 heteroatoms. The molecule has 0 saturated heterocycles. The van der Waals surface area contributed by atoms with Gasteiger partial charge in [-0.25, -0.2) is 4.98 Å². The molecule has 1 aromatic carbocycles. The number of ether oxygens (including phenoxy) is 1. The summed E-state index contributed by atoms with van der Waals surface area (Å²) < 4.78 is 5.08. The number of nitrogens with zero attached hydrogens (tertiary/aromatic N) is 1. The molecule has 0 aliphatic heterocycles. The minimum absolute atomic E-state index is 0.213. The third-order valence-corrected chi connectivity index (χ3v) is 3.59. The van der Waals surface area contributed by atoms with Gasteiger partial charge in [-0.1, -0.05) is 23.4 Å². The van der Waals surface area contributed by atoms with Gasteiger partial charge in [-0.2, -0.15) is 0 Å². The number of halogens is 1. The van der Waals surface area contributed by atoms with Crippen LogP contribution in [-0.4, -0.2) is 18.0 Å². The summed E-state index contributed by atoms with van der Waals surface area (Å²) in [5.41, 5.74) is 5.50. The van der Waals surface area contributed by atoms with Gasteiger partial charge in [0, 0.05) is 16.0 Å². The largest absolute Gasteiger partial charge is 0.497 e. The Morgan fingerprint density at radius 1 is 1.37 bits per heavy atom. The van der Waals surface area contributed by atoms with E-state index in [0.717, 1.165) is 10.6 Å². The van der Waals surface area contributed by atoms with E-state index in [9.17, 15) is 4.79 Å². The van der Waals surface area contributed by atoms with E-state index in [1.165, 1.54) is 18.0 Å². The van der Waals surface area contributed by atoms with Gasteiger partial charge in [0.15, 0.2) is 0 Å². The van der Waals surface area contributed by atoms with E-state index in [2.05, 4.69) is 4.98 Å². The van der Waals surface area contributed by atoms with Crippen molar-refractivity contribution in [3.8, 4) is 5.75 Å². The van der Waals surface area contributed by atoms with Crippen molar-refractivity contribution >= 4 is 29.3 Å². The molecule has 0 fully saturated rings. The van der Waals surface area contributed by atoms with Crippen molar-refractivity contribution in [2.75, 3.05) is 7.11 Å². The number of nitrogens with two attached hydrogens (primary N) is 1. The first kappa shape index (κ1) is 13.7. The van der Waals surface area contributed by atoms with E-state index in [0.29, 0.717) is 9.92 Å². The highest BCUT2D eigenvalue weighted by Crippen LogP contribution is 2.32. The molecule has 0 atom stereocenters. The summed E-state index contributed by atoms with van der Waals surface area (Å²) in [5, 5.41) is 0.459. The molecule has 0 unspecified atom stereocenters. The van der Waals surface area contributed by atoms with Gasteiger partial charge in [-0.15, -0.1) is 0 Å². The number of methoxy groups -OCH3 is 1.